The lowest BCUT2D eigenvalue weighted by molar-refractivity contribution is 0.276. The maximum Gasteiger partial charge on any atom is 0.144 e. The highest BCUT2D eigenvalue weighted by Gasteiger charge is 2.12. The van der Waals surface area contributed by atoms with Crippen LogP contribution in [0.5, 0.6) is 0 Å². The molecule has 0 aliphatic rings. The molecule has 2 N–H and O–H groups in total. The number of anilines is 1. The van der Waals surface area contributed by atoms with Crippen LogP contribution in [-0.4, -0.2) is 16.7 Å². The molecule has 0 spiro atoms. The molecule has 0 fully saturated rings. The van der Waals surface area contributed by atoms with Gasteiger partial charge in [-0.2, -0.15) is 5.26 Å². The molecule has 1 aromatic heterocycles. The molecular formula is C14H13N3O. The topological polar surface area (TPSA) is 68.9 Å². The molecule has 18 heavy (non-hydrogen) atoms. The standard InChI is InChI=1S/C14H13N3O/c15-9-12-7-4-8-16-14(12)17-13(10-18)11-5-2-1-3-6-11/h1-8,13,18H,10H2,(H,16,17). The maximum atomic E-state index is 9.43. The number of rotatable bonds is 4. The molecule has 0 bridgehead atoms. The van der Waals surface area contributed by atoms with Gasteiger partial charge in [-0.25, -0.2) is 4.98 Å². The van der Waals surface area contributed by atoms with E-state index >= 15 is 0 Å². The molecule has 0 aliphatic heterocycles. The Bertz CT molecular complexity index is 548. The lowest BCUT2D eigenvalue weighted by Gasteiger charge is -2.17. The Kier molecular flexibility index (Phi) is 3.90. The summed E-state index contributed by atoms with van der Waals surface area (Å²) in [5.41, 5.74) is 1.42. The fourth-order valence-corrected chi connectivity index (χ4v) is 1.70. The predicted octanol–water partition coefficient (Wildman–Crippen LogP) is 2.10. The van der Waals surface area contributed by atoms with Crippen LogP contribution in [0.4, 0.5) is 5.82 Å². The average Bonchev–Trinajstić information content (AvgIpc) is 2.46. The first-order valence-electron chi connectivity index (χ1n) is 5.62. The highest BCUT2D eigenvalue weighted by Crippen LogP contribution is 2.19. The van der Waals surface area contributed by atoms with Crippen molar-refractivity contribution in [2.75, 3.05) is 11.9 Å². The summed E-state index contributed by atoms with van der Waals surface area (Å²) in [4.78, 5) is 4.12. The predicted molar refractivity (Wildman–Crippen MR) is 68.8 cm³/mol. The molecule has 0 saturated heterocycles. The van der Waals surface area contributed by atoms with E-state index in [4.69, 9.17) is 5.26 Å². The van der Waals surface area contributed by atoms with Crippen LogP contribution >= 0.6 is 0 Å². The number of aliphatic hydroxyl groups excluding tert-OH is 1. The number of hydrogen-bond donors (Lipinski definition) is 2. The van der Waals surface area contributed by atoms with Crippen LogP contribution in [0, 0.1) is 11.3 Å². The quantitative estimate of drug-likeness (QED) is 0.857. The molecule has 1 aromatic carbocycles. The van der Waals surface area contributed by atoms with Gasteiger partial charge < -0.3 is 10.4 Å². The first kappa shape index (κ1) is 12.1. The fourth-order valence-electron chi connectivity index (χ4n) is 1.70. The number of benzene rings is 1. The first-order valence-corrected chi connectivity index (χ1v) is 5.62. The molecule has 4 nitrogen and oxygen atoms in total. The van der Waals surface area contributed by atoms with Crippen molar-refractivity contribution in [2.45, 2.75) is 6.04 Å². The molecular weight excluding hydrogens is 226 g/mol. The molecule has 0 amide bonds. The van der Waals surface area contributed by atoms with E-state index in [0.717, 1.165) is 5.56 Å². The van der Waals surface area contributed by atoms with Crippen LogP contribution in [-0.2, 0) is 0 Å². The van der Waals surface area contributed by atoms with Gasteiger partial charge in [0.2, 0.25) is 0 Å². The zero-order valence-electron chi connectivity index (χ0n) is 9.74. The fraction of sp³-hybridized carbons (Fsp3) is 0.143. The number of aliphatic hydroxyl groups is 1. The van der Waals surface area contributed by atoms with Crippen molar-refractivity contribution < 1.29 is 5.11 Å². The molecule has 2 rings (SSSR count). The maximum absolute atomic E-state index is 9.43. The molecule has 4 heteroatoms. The largest absolute Gasteiger partial charge is 0.394 e. The van der Waals surface area contributed by atoms with Gasteiger partial charge in [-0.05, 0) is 17.7 Å². The van der Waals surface area contributed by atoms with Crippen molar-refractivity contribution in [3.05, 3.63) is 59.8 Å². The Balaban J connectivity index is 2.24. The van der Waals surface area contributed by atoms with Crippen LogP contribution in [0.1, 0.15) is 17.2 Å². The Morgan fingerprint density at radius 2 is 2.00 bits per heavy atom. The van der Waals surface area contributed by atoms with E-state index < -0.39 is 0 Å². The van der Waals surface area contributed by atoms with Crippen LogP contribution in [0.25, 0.3) is 0 Å². The number of nitrogens with zero attached hydrogens (tertiary/aromatic N) is 2. The van der Waals surface area contributed by atoms with E-state index in [0.29, 0.717) is 11.4 Å². The zero-order valence-corrected chi connectivity index (χ0v) is 9.74. The molecule has 1 atom stereocenters. The monoisotopic (exact) mass is 239 g/mol. The van der Waals surface area contributed by atoms with Crippen molar-refractivity contribution >= 4 is 5.82 Å². The summed E-state index contributed by atoms with van der Waals surface area (Å²) in [7, 11) is 0. The Hall–Kier alpha value is -2.38. The second kappa shape index (κ2) is 5.80. The van der Waals surface area contributed by atoms with Gasteiger partial charge in [0, 0.05) is 6.20 Å². The van der Waals surface area contributed by atoms with Crippen LogP contribution in [0.2, 0.25) is 0 Å². The van der Waals surface area contributed by atoms with Crippen LogP contribution in [0.3, 0.4) is 0 Å². The van der Waals surface area contributed by atoms with Gasteiger partial charge in [0.05, 0.1) is 18.2 Å². The van der Waals surface area contributed by atoms with Crippen molar-refractivity contribution in [3.8, 4) is 6.07 Å². The summed E-state index contributed by atoms with van der Waals surface area (Å²) in [6.45, 7) is -0.0640. The molecule has 1 unspecified atom stereocenters. The summed E-state index contributed by atoms with van der Waals surface area (Å²) >= 11 is 0. The average molecular weight is 239 g/mol. The van der Waals surface area contributed by atoms with E-state index in [2.05, 4.69) is 16.4 Å². The molecule has 0 radical (unpaired) electrons. The summed E-state index contributed by atoms with van der Waals surface area (Å²) in [6.07, 6.45) is 1.61. The van der Waals surface area contributed by atoms with Gasteiger partial charge in [0.1, 0.15) is 11.9 Å². The number of pyridine rings is 1. The van der Waals surface area contributed by atoms with Gasteiger partial charge >= 0.3 is 0 Å². The Morgan fingerprint density at radius 1 is 1.22 bits per heavy atom. The van der Waals surface area contributed by atoms with E-state index in [1.165, 1.54) is 0 Å². The van der Waals surface area contributed by atoms with E-state index in [9.17, 15) is 5.11 Å². The minimum absolute atomic E-state index is 0.0640. The zero-order chi connectivity index (χ0) is 12.8. The Morgan fingerprint density at radius 3 is 2.67 bits per heavy atom. The highest BCUT2D eigenvalue weighted by atomic mass is 16.3. The third kappa shape index (κ3) is 2.65. The van der Waals surface area contributed by atoms with E-state index in [1.807, 2.05) is 30.3 Å². The van der Waals surface area contributed by atoms with Crippen molar-refractivity contribution in [1.82, 2.24) is 4.98 Å². The number of hydrogen-bond acceptors (Lipinski definition) is 4. The number of aromatic nitrogens is 1. The van der Waals surface area contributed by atoms with Gasteiger partial charge in [0.15, 0.2) is 0 Å². The smallest absolute Gasteiger partial charge is 0.144 e. The summed E-state index contributed by atoms with van der Waals surface area (Å²) in [6, 6.07) is 14.8. The number of nitriles is 1. The molecule has 1 heterocycles. The summed E-state index contributed by atoms with van der Waals surface area (Å²) < 4.78 is 0. The second-order valence-corrected chi connectivity index (χ2v) is 3.80. The molecule has 90 valence electrons. The lowest BCUT2D eigenvalue weighted by Crippen LogP contribution is -2.16. The third-order valence-corrected chi connectivity index (χ3v) is 2.62. The van der Waals surface area contributed by atoms with Crippen molar-refractivity contribution in [2.24, 2.45) is 0 Å². The minimum Gasteiger partial charge on any atom is -0.394 e. The second-order valence-electron chi connectivity index (χ2n) is 3.80. The highest BCUT2D eigenvalue weighted by molar-refractivity contribution is 5.52. The van der Waals surface area contributed by atoms with Gasteiger partial charge in [-0.1, -0.05) is 30.3 Å². The van der Waals surface area contributed by atoms with Gasteiger partial charge in [0.25, 0.3) is 0 Å². The number of nitrogens with one attached hydrogen (secondary N) is 1. The van der Waals surface area contributed by atoms with Crippen LogP contribution < -0.4 is 5.32 Å². The van der Waals surface area contributed by atoms with Gasteiger partial charge in [-0.3, -0.25) is 0 Å². The van der Waals surface area contributed by atoms with E-state index in [1.54, 1.807) is 18.3 Å². The first-order chi connectivity index (χ1) is 8.85. The Labute approximate surface area is 106 Å². The molecule has 0 saturated carbocycles. The normalized spacial score (nSPS) is 11.6. The van der Waals surface area contributed by atoms with Crippen LogP contribution in [0.15, 0.2) is 48.7 Å². The lowest BCUT2D eigenvalue weighted by atomic mass is 10.1. The summed E-state index contributed by atoms with van der Waals surface area (Å²) in [5.74, 6) is 0.489. The van der Waals surface area contributed by atoms with Crippen molar-refractivity contribution in [3.63, 3.8) is 0 Å². The van der Waals surface area contributed by atoms with E-state index in [-0.39, 0.29) is 12.6 Å². The molecule has 0 aliphatic carbocycles. The minimum atomic E-state index is -0.270. The third-order valence-electron chi connectivity index (χ3n) is 2.62. The summed E-state index contributed by atoms with van der Waals surface area (Å²) in [5, 5.41) is 21.5. The van der Waals surface area contributed by atoms with Gasteiger partial charge in [-0.15, -0.1) is 0 Å². The SMILES string of the molecule is N#Cc1cccnc1NC(CO)c1ccccc1. The van der Waals surface area contributed by atoms with Crippen molar-refractivity contribution in [1.29, 1.82) is 5.26 Å². The molecule has 2 aromatic rings.